The molecular weight excluding hydrogens is 503 g/mol. The number of piperidine rings is 1. The molecule has 1 atom stereocenters. The van der Waals surface area contributed by atoms with Crippen LogP contribution >= 0.6 is 0 Å². The molecule has 0 bridgehead atoms. The van der Waals surface area contributed by atoms with Gasteiger partial charge in [0.05, 0.1) is 13.2 Å². The van der Waals surface area contributed by atoms with E-state index in [4.69, 9.17) is 14.6 Å². The van der Waals surface area contributed by atoms with Crippen LogP contribution < -0.4 is 0 Å². The standard InChI is InChI=1S/C25H29N3O3.C2HF3O2/c29-23(27-13-15-31-16-14-27)17-19-18-25(21-6-2-1-5-20(19)21)8-11-28(12-9-25)24(30)22-7-3-4-10-26-22;3-2(4,5)1(6)7/h1-7,10,19H,8-9,11-18H2;(H,6,7). The molecule has 1 N–H and O–H groups in total. The number of morpholine rings is 1. The average Bonchev–Trinajstić information content (AvgIpc) is 3.22. The molecule has 1 aliphatic carbocycles. The number of carbonyl (C=O) groups excluding carboxylic acids is 2. The second-order valence-electron chi connectivity index (χ2n) is 9.78. The molecule has 2 amide bonds. The van der Waals surface area contributed by atoms with E-state index in [1.165, 1.54) is 11.1 Å². The van der Waals surface area contributed by atoms with Crippen LogP contribution in [0.3, 0.4) is 0 Å². The van der Waals surface area contributed by atoms with Crippen molar-refractivity contribution in [2.75, 3.05) is 39.4 Å². The summed E-state index contributed by atoms with van der Waals surface area (Å²) in [6, 6.07) is 14.1. The number of likely N-dealkylation sites (tertiary alicyclic amines) is 1. The van der Waals surface area contributed by atoms with Gasteiger partial charge >= 0.3 is 12.1 Å². The molecule has 1 aromatic heterocycles. The van der Waals surface area contributed by atoms with Crippen LogP contribution in [0.25, 0.3) is 0 Å². The molecule has 1 spiro atoms. The van der Waals surface area contributed by atoms with E-state index in [0.717, 1.165) is 32.4 Å². The third-order valence-corrected chi connectivity index (χ3v) is 7.53. The van der Waals surface area contributed by atoms with Crippen LogP contribution in [0.2, 0.25) is 0 Å². The number of pyridine rings is 1. The molecule has 11 heteroatoms. The van der Waals surface area contributed by atoms with E-state index in [1.54, 1.807) is 12.3 Å². The normalized spacial score (nSPS) is 20.3. The average molecular weight is 534 g/mol. The fraction of sp³-hybridized carbons (Fsp3) is 0.481. The highest BCUT2D eigenvalue weighted by Crippen LogP contribution is 2.52. The number of aliphatic carboxylic acids is 1. The number of halogens is 3. The summed E-state index contributed by atoms with van der Waals surface area (Å²) in [4.78, 5) is 42.8. The number of ether oxygens (including phenoxy) is 1. The monoisotopic (exact) mass is 533 g/mol. The Bertz CT molecular complexity index is 1140. The highest BCUT2D eigenvalue weighted by Gasteiger charge is 2.46. The van der Waals surface area contributed by atoms with Crippen molar-refractivity contribution < 1.29 is 37.4 Å². The molecule has 5 rings (SSSR count). The van der Waals surface area contributed by atoms with Crippen molar-refractivity contribution in [2.24, 2.45) is 0 Å². The number of hydrogen-bond donors (Lipinski definition) is 1. The van der Waals surface area contributed by atoms with Gasteiger partial charge in [-0.3, -0.25) is 14.6 Å². The topological polar surface area (TPSA) is 100 Å². The highest BCUT2D eigenvalue weighted by molar-refractivity contribution is 5.92. The Balaban J connectivity index is 0.000000426. The lowest BCUT2D eigenvalue weighted by molar-refractivity contribution is -0.192. The van der Waals surface area contributed by atoms with E-state index in [0.29, 0.717) is 38.4 Å². The lowest BCUT2D eigenvalue weighted by Gasteiger charge is -2.40. The first-order valence-corrected chi connectivity index (χ1v) is 12.6. The molecule has 8 nitrogen and oxygen atoms in total. The van der Waals surface area contributed by atoms with E-state index < -0.39 is 12.1 Å². The molecule has 1 aromatic carbocycles. The number of nitrogens with zero attached hydrogens (tertiary/aromatic N) is 3. The zero-order chi connectivity index (χ0) is 27.3. The third kappa shape index (κ3) is 6.15. The van der Waals surface area contributed by atoms with Gasteiger partial charge in [0, 0.05) is 38.8 Å². The maximum atomic E-state index is 12.9. The lowest BCUT2D eigenvalue weighted by atomic mass is 9.73. The third-order valence-electron chi connectivity index (χ3n) is 7.53. The van der Waals surface area contributed by atoms with Gasteiger partial charge in [-0.1, -0.05) is 30.3 Å². The minimum absolute atomic E-state index is 0.0146. The number of rotatable bonds is 3. The Morgan fingerprint density at radius 2 is 1.61 bits per heavy atom. The van der Waals surface area contributed by atoms with E-state index >= 15 is 0 Å². The minimum Gasteiger partial charge on any atom is -0.475 e. The molecule has 38 heavy (non-hydrogen) atoms. The molecule has 3 heterocycles. The smallest absolute Gasteiger partial charge is 0.475 e. The summed E-state index contributed by atoms with van der Waals surface area (Å²) in [5, 5.41) is 7.12. The van der Waals surface area contributed by atoms with Gasteiger partial charge in [-0.05, 0) is 53.9 Å². The van der Waals surface area contributed by atoms with Crippen LogP contribution in [0.1, 0.15) is 53.2 Å². The Labute approximate surface area is 218 Å². The molecule has 2 fully saturated rings. The van der Waals surface area contributed by atoms with Crippen molar-refractivity contribution in [3.05, 3.63) is 65.5 Å². The molecule has 2 aliphatic heterocycles. The van der Waals surface area contributed by atoms with Gasteiger partial charge in [0.15, 0.2) is 0 Å². The molecule has 2 aromatic rings. The first kappa shape index (κ1) is 27.6. The molecule has 0 radical (unpaired) electrons. The van der Waals surface area contributed by atoms with Gasteiger partial charge in [-0.2, -0.15) is 13.2 Å². The minimum atomic E-state index is -5.08. The Morgan fingerprint density at radius 3 is 2.21 bits per heavy atom. The van der Waals surface area contributed by atoms with E-state index in [2.05, 4.69) is 29.2 Å². The van der Waals surface area contributed by atoms with Crippen molar-refractivity contribution in [1.82, 2.24) is 14.8 Å². The summed E-state index contributed by atoms with van der Waals surface area (Å²) in [5.74, 6) is -2.25. The fourth-order valence-electron chi connectivity index (χ4n) is 5.62. The fourth-order valence-corrected chi connectivity index (χ4v) is 5.62. The van der Waals surface area contributed by atoms with Crippen molar-refractivity contribution in [3.63, 3.8) is 0 Å². The molecule has 3 aliphatic rings. The second kappa shape index (κ2) is 11.5. The number of amides is 2. The number of carboxylic acids is 1. The summed E-state index contributed by atoms with van der Waals surface area (Å²) in [5.41, 5.74) is 3.29. The summed E-state index contributed by atoms with van der Waals surface area (Å²) < 4.78 is 37.1. The van der Waals surface area contributed by atoms with Gasteiger partial charge in [0.2, 0.25) is 5.91 Å². The van der Waals surface area contributed by atoms with Crippen LogP contribution in [-0.4, -0.2) is 83.2 Å². The number of benzene rings is 1. The number of carbonyl (C=O) groups is 3. The Hall–Kier alpha value is -3.47. The first-order chi connectivity index (χ1) is 18.1. The van der Waals surface area contributed by atoms with Crippen LogP contribution in [-0.2, 0) is 19.7 Å². The number of hydrogen-bond acceptors (Lipinski definition) is 5. The van der Waals surface area contributed by atoms with Gasteiger partial charge in [0.1, 0.15) is 5.69 Å². The van der Waals surface area contributed by atoms with E-state index in [-0.39, 0.29) is 23.1 Å². The Morgan fingerprint density at radius 1 is 0.974 bits per heavy atom. The number of fused-ring (bicyclic) bond motifs is 2. The second-order valence-corrected chi connectivity index (χ2v) is 9.78. The molecule has 0 saturated carbocycles. The molecule has 204 valence electrons. The van der Waals surface area contributed by atoms with Crippen LogP contribution in [0.4, 0.5) is 13.2 Å². The quantitative estimate of drug-likeness (QED) is 0.647. The SMILES string of the molecule is O=C(CC1CC2(CCN(C(=O)c3ccccn3)CC2)c2ccccc21)N1CCOCC1.O=C(O)C(F)(F)F. The maximum absolute atomic E-state index is 12.9. The van der Waals surface area contributed by atoms with Crippen molar-refractivity contribution in [2.45, 2.75) is 43.2 Å². The summed E-state index contributed by atoms with van der Waals surface area (Å²) in [6.07, 6.45) is 0.0149. The molecular formula is C27H30F3N3O5. The van der Waals surface area contributed by atoms with Gasteiger partial charge in [-0.15, -0.1) is 0 Å². The highest BCUT2D eigenvalue weighted by atomic mass is 19.4. The van der Waals surface area contributed by atoms with Crippen molar-refractivity contribution in [3.8, 4) is 0 Å². The number of alkyl halides is 3. The molecule has 2 saturated heterocycles. The number of carboxylic acid groups (broad SMARTS) is 1. The Kier molecular flexibility index (Phi) is 8.35. The van der Waals surface area contributed by atoms with Crippen LogP contribution in [0.5, 0.6) is 0 Å². The van der Waals surface area contributed by atoms with Crippen molar-refractivity contribution >= 4 is 17.8 Å². The largest absolute Gasteiger partial charge is 0.490 e. The van der Waals surface area contributed by atoms with Crippen LogP contribution in [0.15, 0.2) is 48.7 Å². The summed E-state index contributed by atoms with van der Waals surface area (Å²) >= 11 is 0. The molecule has 1 unspecified atom stereocenters. The van der Waals surface area contributed by atoms with Gasteiger partial charge in [-0.25, -0.2) is 4.79 Å². The van der Waals surface area contributed by atoms with Gasteiger partial charge < -0.3 is 19.6 Å². The zero-order valence-corrected chi connectivity index (χ0v) is 20.8. The van der Waals surface area contributed by atoms with Gasteiger partial charge in [0.25, 0.3) is 5.91 Å². The number of aromatic nitrogens is 1. The predicted molar refractivity (Wildman–Crippen MR) is 131 cm³/mol. The van der Waals surface area contributed by atoms with E-state index in [9.17, 15) is 22.8 Å². The summed E-state index contributed by atoms with van der Waals surface area (Å²) in [7, 11) is 0. The van der Waals surface area contributed by atoms with E-state index in [1.807, 2.05) is 21.9 Å². The van der Waals surface area contributed by atoms with Crippen molar-refractivity contribution in [1.29, 1.82) is 0 Å². The predicted octanol–water partition coefficient (Wildman–Crippen LogP) is 3.63. The zero-order valence-electron chi connectivity index (χ0n) is 20.8. The first-order valence-electron chi connectivity index (χ1n) is 12.6. The lowest BCUT2D eigenvalue weighted by Crippen LogP contribution is -2.44. The maximum Gasteiger partial charge on any atom is 0.490 e. The summed E-state index contributed by atoms with van der Waals surface area (Å²) in [6.45, 7) is 4.13. The van der Waals surface area contributed by atoms with Crippen LogP contribution in [0, 0.1) is 0 Å².